The molecule has 0 aromatic heterocycles. The van der Waals surface area contributed by atoms with Crippen LogP contribution in [0.25, 0.3) is 0 Å². The molecule has 1 atom stereocenters. The Morgan fingerprint density at radius 2 is 2.10 bits per heavy atom. The van der Waals surface area contributed by atoms with Crippen molar-refractivity contribution in [3.63, 3.8) is 0 Å². The van der Waals surface area contributed by atoms with Crippen LogP contribution in [-0.2, 0) is 4.74 Å². The summed E-state index contributed by atoms with van der Waals surface area (Å²) in [6.45, 7) is 1.82. The zero-order valence-corrected chi connectivity index (χ0v) is 12.3. The van der Waals surface area contributed by atoms with Gasteiger partial charge in [0.2, 0.25) is 0 Å². The maximum Gasteiger partial charge on any atom is 0.251 e. The molecule has 3 rings (SSSR count). The van der Waals surface area contributed by atoms with Crippen molar-refractivity contribution in [2.24, 2.45) is 5.92 Å². The van der Waals surface area contributed by atoms with E-state index >= 15 is 0 Å². The van der Waals surface area contributed by atoms with E-state index in [0.29, 0.717) is 42.8 Å². The number of methoxy groups -OCH3 is 1. The third kappa shape index (κ3) is 3.47. The Balaban J connectivity index is 1.70. The molecular weight excluding hydrogens is 270 g/mol. The smallest absolute Gasteiger partial charge is 0.251 e. The van der Waals surface area contributed by atoms with Crippen LogP contribution in [0.3, 0.4) is 0 Å². The molecule has 0 bridgehead atoms. The van der Waals surface area contributed by atoms with Gasteiger partial charge in [-0.25, -0.2) is 0 Å². The van der Waals surface area contributed by atoms with E-state index in [1.165, 1.54) is 0 Å². The Morgan fingerprint density at radius 1 is 1.33 bits per heavy atom. The SMILES string of the molecule is COCC(NC(=O)c1ccc2c(c1)OCCCO2)C1CC1. The molecule has 1 heterocycles. The van der Waals surface area contributed by atoms with Crippen molar-refractivity contribution >= 4 is 5.91 Å². The second-order valence-corrected chi connectivity index (χ2v) is 5.58. The van der Waals surface area contributed by atoms with Gasteiger partial charge in [-0.1, -0.05) is 0 Å². The van der Waals surface area contributed by atoms with Crippen molar-refractivity contribution < 1.29 is 19.0 Å². The molecule has 1 unspecified atom stereocenters. The Kier molecular flexibility index (Phi) is 4.29. The molecule has 0 saturated heterocycles. The highest BCUT2D eigenvalue weighted by Gasteiger charge is 2.32. The fraction of sp³-hybridized carbons (Fsp3) is 0.562. The molecule has 5 heteroatoms. The lowest BCUT2D eigenvalue weighted by Gasteiger charge is -2.17. The van der Waals surface area contributed by atoms with Crippen LogP contribution in [0, 0.1) is 5.92 Å². The van der Waals surface area contributed by atoms with Gasteiger partial charge in [0.05, 0.1) is 25.9 Å². The minimum atomic E-state index is -0.0837. The van der Waals surface area contributed by atoms with Crippen molar-refractivity contribution in [3.05, 3.63) is 23.8 Å². The third-order valence-corrected chi connectivity index (χ3v) is 3.86. The maximum absolute atomic E-state index is 12.4. The number of hydrogen-bond acceptors (Lipinski definition) is 4. The third-order valence-electron chi connectivity index (χ3n) is 3.86. The molecule has 1 N–H and O–H groups in total. The molecule has 0 spiro atoms. The van der Waals surface area contributed by atoms with Gasteiger partial charge in [0.15, 0.2) is 11.5 Å². The molecule has 0 radical (unpaired) electrons. The summed E-state index contributed by atoms with van der Waals surface area (Å²) in [6, 6.07) is 5.43. The molecule has 1 saturated carbocycles. The number of amides is 1. The van der Waals surface area contributed by atoms with Gasteiger partial charge in [-0.3, -0.25) is 4.79 Å². The highest BCUT2D eigenvalue weighted by Crippen LogP contribution is 2.33. The van der Waals surface area contributed by atoms with Gasteiger partial charge in [-0.05, 0) is 37.0 Å². The van der Waals surface area contributed by atoms with Crippen LogP contribution in [0.1, 0.15) is 29.6 Å². The lowest BCUT2D eigenvalue weighted by molar-refractivity contribution is 0.0883. The maximum atomic E-state index is 12.4. The van der Waals surface area contributed by atoms with E-state index in [4.69, 9.17) is 14.2 Å². The molecule has 1 fully saturated rings. The van der Waals surface area contributed by atoms with Crippen LogP contribution in [0.15, 0.2) is 18.2 Å². The number of ether oxygens (including phenoxy) is 3. The second-order valence-electron chi connectivity index (χ2n) is 5.58. The Hall–Kier alpha value is -1.75. The predicted molar refractivity (Wildman–Crippen MR) is 77.9 cm³/mol. The summed E-state index contributed by atoms with van der Waals surface area (Å²) < 4.78 is 16.4. The number of hydrogen-bond donors (Lipinski definition) is 1. The fourth-order valence-electron chi connectivity index (χ4n) is 2.53. The molecule has 1 amide bonds. The van der Waals surface area contributed by atoms with E-state index in [2.05, 4.69) is 5.32 Å². The first-order chi connectivity index (χ1) is 10.3. The Labute approximate surface area is 124 Å². The molecule has 21 heavy (non-hydrogen) atoms. The normalized spacial score (nSPS) is 18.7. The monoisotopic (exact) mass is 291 g/mol. The lowest BCUT2D eigenvalue weighted by atomic mass is 10.1. The molecule has 1 aromatic rings. The summed E-state index contributed by atoms with van der Waals surface area (Å²) in [5, 5.41) is 3.06. The molecular formula is C16H21NO4. The predicted octanol–water partition coefficient (Wildman–Crippen LogP) is 2.00. The van der Waals surface area contributed by atoms with E-state index in [-0.39, 0.29) is 11.9 Å². The molecule has 1 aliphatic heterocycles. The molecule has 1 aliphatic carbocycles. The average Bonchev–Trinajstić information content (AvgIpc) is 3.32. The topological polar surface area (TPSA) is 56.8 Å². The van der Waals surface area contributed by atoms with Gasteiger partial charge < -0.3 is 19.5 Å². The van der Waals surface area contributed by atoms with Gasteiger partial charge in [-0.2, -0.15) is 0 Å². The quantitative estimate of drug-likeness (QED) is 0.901. The number of carbonyl (C=O) groups excluding carboxylic acids is 1. The van der Waals surface area contributed by atoms with E-state index < -0.39 is 0 Å². The van der Waals surface area contributed by atoms with E-state index in [0.717, 1.165) is 19.3 Å². The summed E-state index contributed by atoms with van der Waals surface area (Å²) in [7, 11) is 1.66. The fourth-order valence-corrected chi connectivity index (χ4v) is 2.53. The largest absolute Gasteiger partial charge is 0.490 e. The molecule has 114 valence electrons. The van der Waals surface area contributed by atoms with E-state index in [1.807, 2.05) is 0 Å². The minimum absolute atomic E-state index is 0.0837. The van der Waals surface area contributed by atoms with Crippen LogP contribution < -0.4 is 14.8 Å². The highest BCUT2D eigenvalue weighted by molar-refractivity contribution is 5.95. The van der Waals surface area contributed by atoms with Crippen LogP contribution in [0.5, 0.6) is 11.5 Å². The summed E-state index contributed by atoms with van der Waals surface area (Å²) in [5.41, 5.74) is 0.598. The molecule has 5 nitrogen and oxygen atoms in total. The van der Waals surface area contributed by atoms with Crippen LogP contribution >= 0.6 is 0 Å². The minimum Gasteiger partial charge on any atom is -0.490 e. The zero-order chi connectivity index (χ0) is 14.7. The molecule has 1 aromatic carbocycles. The Bertz CT molecular complexity index is 513. The van der Waals surface area contributed by atoms with Crippen LogP contribution in [0.4, 0.5) is 0 Å². The van der Waals surface area contributed by atoms with Gasteiger partial charge in [0.1, 0.15) is 0 Å². The van der Waals surface area contributed by atoms with Crippen LogP contribution in [0.2, 0.25) is 0 Å². The molecule has 2 aliphatic rings. The standard InChI is InChI=1S/C16H21NO4/c1-19-10-13(11-3-4-11)17-16(18)12-5-6-14-15(9-12)21-8-2-7-20-14/h5-6,9,11,13H,2-4,7-8,10H2,1H3,(H,17,18). The number of nitrogens with one attached hydrogen (secondary N) is 1. The summed E-state index contributed by atoms with van der Waals surface area (Å²) in [4.78, 5) is 12.4. The van der Waals surface area contributed by atoms with Crippen molar-refractivity contribution in [1.29, 1.82) is 0 Å². The highest BCUT2D eigenvalue weighted by atomic mass is 16.5. The van der Waals surface area contributed by atoms with Crippen molar-refractivity contribution in [3.8, 4) is 11.5 Å². The number of fused-ring (bicyclic) bond motifs is 1. The van der Waals surface area contributed by atoms with Gasteiger partial charge in [0, 0.05) is 19.1 Å². The summed E-state index contributed by atoms with van der Waals surface area (Å²) in [5.74, 6) is 1.82. The first kappa shape index (κ1) is 14.2. The summed E-state index contributed by atoms with van der Waals surface area (Å²) >= 11 is 0. The van der Waals surface area contributed by atoms with Gasteiger partial charge >= 0.3 is 0 Å². The van der Waals surface area contributed by atoms with E-state index in [9.17, 15) is 4.79 Å². The van der Waals surface area contributed by atoms with Gasteiger partial charge in [0.25, 0.3) is 5.91 Å². The Morgan fingerprint density at radius 3 is 2.81 bits per heavy atom. The second kappa shape index (κ2) is 6.35. The summed E-state index contributed by atoms with van der Waals surface area (Å²) in [6.07, 6.45) is 3.18. The number of benzene rings is 1. The number of carbonyl (C=O) groups is 1. The van der Waals surface area contributed by atoms with Gasteiger partial charge in [-0.15, -0.1) is 0 Å². The van der Waals surface area contributed by atoms with Crippen molar-refractivity contribution in [2.75, 3.05) is 26.9 Å². The van der Waals surface area contributed by atoms with Crippen molar-refractivity contribution in [2.45, 2.75) is 25.3 Å². The number of rotatable bonds is 5. The zero-order valence-electron chi connectivity index (χ0n) is 12.3. The lowest BCUT2D eigenvalue weighted by Crippen LogP contribution is -2.39. The van der Waals surface area contributed by atoms with Crippen LogP contribution in [-0.4, -0.2) is 38.9 Å². The van der Waals surface area contributed by atoms with Crippen molar-refractivity contribution in [1.82, 2.24) is 5.32 Å². The first-order valence-corrected chi connectivity index (χ1v) is 7.47. The van der Waals surface area contributed by atoms with E-state index in [1.54, 1.807) is 25.3 Å². The average molecular weight is 291 g/mol. The first-order valence-electron chi connectivity index (χ1n) is 7.47.